The van der Waals surface area contributed by atoms with E-state index in [1.165, 1.54) is 12.1 Å². The summed E-state index contributed by atoms with van der Waals surface area (Å²) in [4.78, 5) is 27.7. The Balaban J connectivity index is 1.92. The summed E-state index contributed by atoms with van der Waals surface area (Å²) in [5.41, 5.74) is 1.78. The van der Waals surface area contributed by atoms with Crippen molar-refractivity contribution in [3.05, 3.63) is 72.4 Å². The van der Waals surface area contributed by atoms with Crippen LogP contribution in [0.4, 0.5) is 27.7 Å². The molecule has 8 nitrogen and oxygen atoms in total. The van der Waals surface area contributed by atoms with E-state index in [-0.39, 0.29) is 11.5 Å². The smallest absolute Gasteiger partial charge is 0.410 e. The summed E-state index contributed by atoms with van der Waals surface area (Å²) in [6.45, 7) is 0. The van der Waals surface area contributed by atoms with Gasteiger partial charge in [0.15, 0.2) is 0 Å². The van der Waals surface area contributed by atoms with E-state index in [2.05, 4.69) is 20.9 Å². The molecular formula is C20H18N4O4. The first kappa shape index (κ1) is 18.7. The molecule has 0 unspecified atom stereocenters. The van der Waals surface area contributed by atoms with Gasteiger partial charge in [-0.15, -0.1) is 0 Å². The van der Waals surface area contributed by atoms with Gasteiger partial charge in [0.05, 0.1) is 12.8 Å². The largest absolute Gasteiger partial charge is 0.495 e. The monoisotopic (exact) mass is 378 g/mol. The molecule has 2 aromatic carbocycles. The zero-order valence-electron chi connectivity index (χ0n) is 15.0. The zero-order chi connectivity index (χ0) is 19.9. The van der Waals surface area contributed by atoms with Gasteiger partial charge in [0.1, 0.15) is 17.3 Å². The highest BCUT2D eigenvalue weighted by atomic mass is 16.5. The first-order chi connectivity index (χ1) is 13.5. The number of carbonyl (C=O) groups is 2. The molecule has 1 aromatic heterocycles. The second-order valence-corrected chi connectivity index (χ2v) is 5.70. The van der Waals surface area contributed by atoms with Gasteiger partial charge in [-0.2, -0.15) is 0 Å². The summed E-state index contributed by atoms with van der Waals surface area (Å²) in [5, 5.41) is 17.0. The van der Waals surface area contributed by atoms with Gasteiger partial charge in [-0.05, 0) is 30.3 Å². The minimum absolute atomic E-state index is 0.0191. The van der Waals surface area contributed by atoms with Crippen LogP contribution in [0.15, 0.2) is 66.7 Å². The fraction of sp³-hybridized carbons (Fsp3) is 0.0500. The molecule has 0 fully saturated rings. The number of anilines is 4. The van der Waals surface area contributed by atoms with E-state index in [1.807, 2.05) is 18.2 Å². The van der Waals surface area contributed by atoms with Crippen molar-refractivity contribution in [1.82, 2.24) is 4.98 Å². The van der Waals surface area contributed by atoms with Crippen LogP contribution in [0.1, 0.15) is 10.5 Å². The highest BCUT2D eigenvalue weighted by Crippen LogP contribution is 2.28. The number of carboxylic acid groups (broad SMARTS) is 1. The number of para-hydroxylation sites is 3. The summed E-state index contributed by atoms with van der Waals surface area (Å²) in [6.07, 6.45) is -1.28. The highest BCUT2D eigenvalue weighted by molar-refractivity contribution is 6.04. The number of amides is 2. The number of pyridine rings is 1. The molecule has 4 N–H and O–H groups in total. The second-order valence-electron chi connectivity index (χ2n) is 5.70. The molecular weight excluding hydrogens is 360 g/mol. The first-order valence-corrected chi connectivity index (χ1v) is 8.33. The maximum absolute atomic E-state index is 12.6. The quantitative estimate of drug-likeness (QED) is 0.512. The van der Waals surface area contributed by atoms with Crippen LogP contribution in [0.5, 0.6) is 5.75 Å². The predicted molar refractivity (Wildman–Crippen MR) is 107 cm³/mol. The van der Waals surface area contributed by atoms with Crippen LogP contribution < -0.4 is 20.7 Å². The number of methoxy groups -OCH3 is 1. The number of rotatable bonds is 6. The predicted octanol–water partition coefficient (Wildman–Crippen LogP) is 4.18. The molecule has 0 aliphatic carbocycles. The normalized spacial score (nSPS) is 10.0. The summed E-state index contributed by atoms with van der Waals surface area (Å²) < 4.78 is 5.30. The number of aromatic nitrogens is 1. The fourth-order valence-corrected chi connectivity index (χ4v) is 2.51. The van der Waals surface area contributed by atoms with Crippen molar-refractivity contribution in [3.63, 3.8) is 0 Å². The molecule has 0 aliphatic heterocycles. The maximum atomic E-state index is 12.6. The lowest BCUT2D eigenvalue weighted by molar-refractivity contribution is 0.102. The minimum atomic E-state index is -1.28. The van der Waals surface area contributed by atoms with Crippen LogP contribution >= 0.6 is 0 Å². The summed E-state index contributed by atoms with van der Waals surface area (Å²) in [6, 6.07) is 19.1. The van der Waals surface area contributed by atoms with Crippen LogP contribution in [-0.4, -0.2) is 29.2 Å². The molecule has 0 saturated carbocycles. The number of hydrogen-bond donors (Lipinski definition) is 4. The summed E-state index contributed by atoms with van der Waals surface area (Å²) in [5.74, 6) is 0.149. The third kappa shape index (κ3) is 4.76. The number of hydrogen-bond acceptors (Lipinski definition) is 5. The van der Waals surface area contributed by atoms with Gasteiger partial charge in [-0.1, -0.05) is 30.3 Å². The van der Waals surface area contributed by atoms with Crippen molar-refractivity contribution in [3.8, 4) is 5.75 Å². The number of carbonyl (C=O) groups excluding carboxylic acids is 1. The van der Waals surface area contributed by atoms with E-state index < -0.39 is 12.0 Å². The molecule has 0 bridgehead atoms. The van der Waals surface area contributed by atoms with Crippen molar-refractivity contribution < 1.29 is 19.4 Å². The molecule has 8 heteroatoms. The number of benzene rings is 2. The standard InChI is InChI=1S/C20H18N4O4/c1-28-17-10-6-5-9-15(17)21-14-11-16(23-18(12-14)24-20(26)27)19(25)22-13-7-3-2-4-8-13/h2-12H,1H3,(H,22,25)(H,26,27)(H2,21,23,24). The van der Waals surface area contributed by atoms with Gasteiger partial charge in [0.25, 0.3) is 5.91 Å². The Labute approximate surface area is 161 Å². The minimum Gasteiger partial charge on any atom is -0.495 e. The van der Waals surface area contributed by atoms with Crippen LogP contribution in [0.25, 0.3) is 0 Å². The zero-order valence-corrected chi connectivity index (χ0v) is 15.0. The topological polar surface area (TPSA) is 113 Å². The number of ether oxygens (including phenoxy) is 1. The molecule has 142 valence electrons. The molecule has 1 heterocycles. The van der Waals surface area contributed by atoms with Gasteiger partial charge in [0, 0.05) is 17.4 Å². The average Bonchev–Trinajstić information content (AvgIpc) is 2.68. The van der Waals surface area contributed by atoms with E-state index >= 15 is 0 Å². The number of nitrogens with zero attached hydrogens (tertiary/aromatic N) is 1. The molecule has 0 spiro atoms. The number of nitrogens with one attached hydrogen (secondary N) is 3. The van der Waals surface area contributed by atoms with Crippen molar-refractivity contribution in [2.24, 2.45) is 0 Å². The third-order valence-electron chi connectivity index (χ3n) is 3.71. The molecule has 3 aromatic rings. The lowest BCUT2D eigenvalue weighted by Crippen LogP contribution is -2.16. The van der Waals surface area contributed by atoms with Crippen LogP contribution in [-0.2, 0) is 0 Å². The fourth-order valence-electron chi connectivity index (χ4n) is 2.51. The van der Waals surface area contributed by atoms with E-state index in [1.54, 1.807) is 43.5 Å². The second kappa shape index (κ2) is 8.54. The Hall–Kier alpha value is -4.07. The molecule has 0 aliphatic rings. The molecule has 3 rings (SSSR count). The summed E-state index contributed by atoms with van der Waals surface area (Å²) >= 11 is 0. The van der Waals surface area contributed by atoms with Crippen LogP contribution in [0.3, 0.4) is 0 Å². The third-order valence-corrected chi connectivity index (χ3v) is 3.71. The molecule has 0 radical (unpaired) electrons. The van der Waals surface area contributed by atoms with Crippen molar-refractivity contribution in [2.45, 2.75) is 0 Å². The Bertz CT molecular complexity index is 993. The van der Waals surface area contributed by atoms with E-state index in [0.717, 1.165) is 0 Å². The average molecular weight is 378 g/mol. The van der Waals surface area contributed by atoms with E-state index in [0.29, 0.717) is 22.8 Å². The van der Waals surface area contributed by atoms with Gasteiger partial charge >= 0.3 is 6.09 Å². The van der Waals surface area contributed by atoms with E-state index in [4.69, 9.17) is 9.84 Å². The molecule has 0 saturated heterocycles. The highest BCUT2D eigenvalue weighted by Gasteiger charge is 2.13. The summed E-state index contributed by atoms with van der Waals surface area (Å²) in [7, 11) is 1.54. The SMILES string of the molecule is COc1ccccc1Nc1cc(NC(=O)O)nc(C(=O)Nc2ccccc2)c1. The molecule has 2 amide bonds. The van der Waals surface area contributed by atoms with Gasteiger partial charge < -0.3 is 20.5 Å². The lowest BCUT2D eigenvalue weighted by Gasteiger charge is -2.13. The van der Waals surface area contributed by atoms with Gasteiger partial charge in [-0.3, -0.25) is 10.1 Å². The molecule has 0 atom stereocenters. The van der Waals surface area contributed by atoms with Crippen molar-refractivity contribution in [1.29, 1.82) is 0 Å². The van der Waals surface area contributed by atoms with Crippen LogP contribution in [0, 0.1) is 0 Å². The molecule has 28 heavy (non-hydrogen) atoms. The Kier molecular flexibility index (Phi) is 5.71. The van der Waals surface area contributed by atoms with Crippen molar-refractivity contribution >= 4 is 34.9 Å². The van der Waals surface area contributed by atoms with E-state index in [9.17, 15) is 9.59 Å². The van der Waals surface area contributed by atoms with Crippen molar-refractivity contribution in [2.75, 3.05) is 23.1 Å². The van der Waals surface area contributed by atoms with Crippen LogP contribution in [0.2, 0.25) is 0 Å². The first-order valence-electron chi connectivity index (χ1n) is 8.33. The van der Waals surface area contributed by atoms with Gasteiger partial charge in [-0.25, -0.2) is 9.78 Å². The lowest BCUT2D eigenvalue weighted by atomic mass is 10.2. The van der Waals surface area contributed by atoms with Gasteiger partial charge in [0.2, 0.25) is 0 Å². The Morgan fingerprint density at radius 3 is 2.36 bits per heavy atom. The Morgan fingerprint density at radius 2 is 1.64 bits per heavy atom. The maximum Gasteiger partial charge on any atom is 0.410 e. The Morgan fingerprint density at radius 1 is 0.929 bits per heavy atom.